The Morgan fingerprint density at radius 2 is 1.77 bits per heavy atom. The lowest BCUT2D eigenvalue weighted by Gasteiger charge is -2.38. The zero-order chi connectivity index (χ0) is 20.3. The minimum Gasteiger partial charge on any atom is -0.486 e. The maximum absolute atomic E-state index is 13.1. The number of benzene rings is 2. The first-order valence-corrected chi connectivity index (χ1v) is 11.3. The van der Waals surface area contributed by atoms with Gasteiger partial charge in [-0.3, -0.25) is 4.79 Å². The molecule has 1 amide bonds. The van der Waals surface area contributed by atoms with Crippen molar-refractivity contribution in [2.24, 2.45) is 0 Å². The highest BCUT2D eigenvalue weighted by Crippen LogP contribution is 2.40. The molecule has 1 unspecified atom stereocenters. The van der Waals surface area contributed by atoms with Crippen LogP contribution in [-0.4, -0.2) is 50.2 Å². The lowest BCUT2D eigenvalue weighted by Crippen LogP contribution is -2.49. The molecule has 158 valence electrons. The Labute approximate surface area is 178 Å². The van der Waals surface area contributed by atoms with Crippen LogP contribution in [0.5, 0.6) is 11.5 Å². The molecule has 30 heavy (non-hydrogen) atoms. The van der Waals surface area contributed by atoms with E-state index in [9.17, 15) is 4.79 Å². The van der Waals surface area contributed by atoms with Gasteiger partial charge in [0.2, 0.25) is 5.91 Å². The van der Waals surface area contributed by atoms with Crippen molar-refractivity contribution in [1.82, 2.24) is 4.90 Å². The van der Waals surface area contributed by atoms with Crippen molar-refractivity contribution >= 4 is 11.6 Å². The number of rotatable bonds is 3. The van der Waals surface area contributed by atoms with E-state index in [-0.39, 0.29) is 0 Å². The Kier molecular flexibility index (Phi) is 5.52. The SMILES string of the molecule is O=C(CC1CCCCc2ccccc21)N1CCN(c2cccc3c2OCCO3)CC1. The van der Waals surface area contributed by atoms with E-state index >= 15 is 0 Å². The molecule has 1 fully saturated rings. The van der Waals surface area contributed by atoms with Crippen molar-refractivity contribution in [2.75, 3.05) is 44.3 Å². The molecule has 1 saturated heterocycles. The predicted molar refractivity (Wildman–Crippen MR) is 118 cm³/mol. The second kappa shape index (κ2) is 8.58. The molecule has 5 nitrogen and oxygen atoms in total. The summed E-state index contributed by atoms with van der Waals surface area (Å²) in [6.45, 7) is 4.36. The Bertz CT molecular complexity index is 905. The van der Waals surface area contributed by atoms with Crippen molar-refractivity contribution in [3.63, 3.8) is 0 Å². The smallest absolute Gasteiger partial charge is 0.223 e. The van der Waals surface area contributed by atoms with Crippen LogP contribution in [0.2, 0.25) is 0 Å². The summed E-state index contributed by atoms with van der Waals surface area (Å²) in [6.07, 6.45) is 5.34. The first-order chi connectivity index (χ1) is 14.8. The van der Waals surface area contributed by atoms with Crippen LogP contribution in [0.4, 0.5) is 5.69 Å². The molecule has 2 aromatic rings. The van der Waals surface area contributed by atoms with Crippen molar-refractivity contribution in [3.8, 4) is 11.5 Å². The van der Waals surface area contributed by atoms with Gasteiger partial charge in [-0.1, -0.05) is 36.8 Å². The minimum atomic E-state index is 0.297. The van der Waals surface area contributed by atoms with Gasteiger partial charge in [0.25, 0.3) is 0 Å². The second-order valence-electron chi connectivity index (χ2n) is 8.51. The average molecular weight is 407 g/mol. The summed E-state index contributed by atoms with van der Waals surface area (Å²) in [4.78, 5) is 17.5. The number of anilines is 1. The van der Waals surface area contributed by atoms with Crippen molar-refractivity contribution in [1.29, 1.82) is 0 Å². The molecule has 5 heteroatoms. The van der Waals surface area contributed by atoms with Gasteiger partial charge in [-0.05, 0) is 48.4 Å². The number of carbonyl (C=O) groups is 1. The number of hydrogen-bond donors (Lipinski definition) is 0. The van der Waals surface area contributed by atoms with E-state index < -0.39 is 0 Å². The quantitative estimate of drug-likeness (QED) is 0.723. The van der Waals surface area contributed by atoms with Crippen LogP contribution >= 0.6 is 0 Å². The highest BCUT2D eigenvalue weighted by atomic mass is 16.6. The highest BCUT2D eigenvalue weighted by molar-refractivity contribution is 5.78. The zero-order valence-electron chi connectivity index (χ0n) is 17.5. The third kappa shape index (κ3) is 3.85. The minimum absolute atomic E-state index is 0.297. The van der Waals surface area contributed by atoms with E-state index in [1.165, 1.54) is 24.0 Å². The summed E-state index contributed by atoms with van der Waals surface area (Å²) in [5, 5.41) is 0. The van der Waals surface area contributed by atoms with E-state index in [0.29, 0.717) is 31.5 Å². The van der Waals surface area contributed by atoms with E-state index in [0.717, 1.165) is 56.2 Å². The average Bonchev–Trinajstić information content (AvgIpc) is 3.01. The van der Waals surface area contributed by atoms with E-state index in [2.05, 4.69) is 40.1 Å². The molecule has 0 aromatic heterocycles. The van der Waals surface area contributed by atoms with E-state index in [1.54, 1.807) is 0 Å². The molecule has 0 bridgehead atoms. The van der Waals surface area contributed by atoms with Gasteiger partial charge in [-0.25, -0.2) is 0 Å². The van der Waals surface area contributed by atoms with Gasteiger partial charge in [0.1, 0.15) is 13.2 Å². The summed E-state index contributed by atoms with van der Waals surface area (Å²) in [5.74, 6) is 2.33. The summed E-state index contributed by atoms with van der Waals surface area (Å²) in [6, 6.07) is 14.8. The largest absolute Gasteiger partial charge is 0.486 e. The van der Waals surface area contributed by atoms with E-state index in [4.69, 9.17) is 9.47 Å². The molecule has 2 aliphatic heterocycles. The monoisotopic (exact) mass is 406 g/mol. The van der Waals surface area contributed by atoms with Crippen molar-refractivity contribution < 1.29 is 14.3 Å². The second-order valence-corrected chi connectivity index (χ2v) is 8.51. The van der Waals surface area contributed by atoms with Crippen LogP contribution in [0.1, 0.15) is 42.7 Å². The fourth-order valence-corrected chi connectivity index (χ4v) is 5.08. The fourth-order valence-electron chi connectivity index (χ4n) is 5.08. The Morgan fingerprint density at radius 3 is 2.67 bits per heavy atom. The number of fused-ring (bicyclic) bond motifs is 2. The topological polar surface area (TPSA) is 42.0 Å². The van der Waals surface area contributed by atoms with Crippen LogP contribution in [0.25, 0.3) is 0 Å². The molecule has 3 aliphatic rings. The van der Waals surface area contributed by atoms with Crippen LogP contribution in [0.15, 0.2) is 42.5 Å². The molecule has 1 aliphatic carbocycles. The number of piperazine rings is 1. The van der Waals surface area contributed by atoms with Gasteiger partial charge < -0.3 is 19.3 Å². The van der Waals surface area contributed by atoms with Crippen molar-refractivity contribution in [2.45, 2.75) is 38.0 Å². The standard InChI is InChI=1S/C25H30N2O3/c28-24(18-20-8-2-1-6-19-7-3-4-9-21(19)20)27-14-12-26(13-15-27)22-10-5-11-23-25(22)30-17-16-29-23/h3-5,7,9-11,20H,1-2,6,8,12-18H2. The third-order valence-corrected chi connectivity index (χ3v) is 6.68. The molecule has 0 spiro atoms. The Morgan fingerprint density at radius 1 is 0.933 bits per heavy atom. The van der Waals surface area contributed by atoms with Crippen LogP contribution in [0, 0.1) is 0 Å². The fraction of sp³-hybridized carbons (Fsp3) is 0.480. The van der Waals surface area contributed by atoms with Crippen LogP contribution in [0.3, 0.4) is 0 Å². The molecule has 2 aromatic carbocycles. The van der Waals surface area contributed by atoms with Gasteiger partial charge in [0.15, 0.2) is 11.5 Å². The van der Waals surface area contributed by atoms with Crippen molar-refractivity contribution in [3.05, 3.63) is 53.6 Å². The Balaban J connectivity index is 1.23. The molecular formula is C25H30N2O3. The van der Waals surface area contributed by atoms with Gasteiger partial charge in [-0.2, -0.15) is 0 Å². The lowest BCUT2D eigenvalue weighted by molar-refractivity contribution is -0.131. The number of hydrogen-bond acceptors (Lipinski definition) is 4. The third-order valence-electron chi connectivity index (χ3n) is 6.68. The predicted octanol–water partition coefficient (Wildman–Crippen LogP) is 4.01. The van der Waals surface area contributed by atoms with Gasteiger partial charge in [0.05, 0.1) is 5.69 Å². The number of amides is 1. The molecule has 5 rings (SSSR count). The van der Waals surface area contributed by atoms with Crippen LogP contribution in [-0.2, 0) is 11.2 Å². The molecule has 1 atom stereocenters. The summed E-state index contributed by atoms with van der Waals surface area (Å²) < 4.78 is 11.6. The number of carbonyl (C=O) groups excluding carboxylic acids is 1. The van der Waals surface area contributed by atoms with Gasteiger partial charge in [-0.15, -0.1) is 0 Å². The molecule has 0 radical (unpaired) electrons. The highest BCUT2D eigenvalue weighted by Gasteiger charge is 2.28. The summed E-state index contributed by atoms with van der Waals surface area (Å²) >= 11 is 0. The van der Waals surface area contributed by atoms with Gasteiger partial charge >= 0.3 is 0 Å². The number of aryl methyl sites for hydroxylation is 1. The molecule has 0 saturated carbocycles. The first-order valence-electron chi connectivity index (χ1n) is 11.3. The normalized spacial score (nSPS) is 21.0. The maximum Gasteiger partial charge on any atom is 0.223 e. The molecular weight excluding hydrogens is 376 g/mol. The number of para-hydroxylation sites is 1. The summed E-state index contributed by atoms with van der Waals surface area (Å²) in [7, 11) is 0. The molecule has 0 N–H and O–H groups in total. The number of nitrogens with zero attached hydrogens (tertiary/aromatic N) is 2. The molecule has 2 heterocycles. The summed E-state index contributed by atoms with van der Waals surface area (Å²) in [5.41, 5.74) is 3.92. The van der Waals surface area contributed by atoms with Crippen LogP contribution < -0.4 is 14.4 Å². The lowest BCUT2D eigenvalue weighted by atomic mass is 9.89. The number of ether oxygens (including phenoxy) is 2. The van der Waals surface area contributed by atoms with E-state index in [1.807, 2.05) is 12.1 Å². The Hall–Kier alpha value is -2.69. The van der Waals surface area contributed by atoms with Gasteiger partial charge in [0, 0.05) is 32.6 Å². The first kappa shape index (κ1) is 19.3. The zero-order valence-corrected chi connectivity index (χ0v) is 17.5. The maximum atomic E-state index is 13.1.